The lowest BCUT2D eigenvalue weighted by Crippen LogP contribution is -2.14. The Hall–Kier alpha value is -2.74. The fourth-order valence-electron chi connectivity index (χ4n) is 1.99. The Morgan fingerprint density at radius 3 is 2.52 bits per heavy atom. The van der Waals surface area contributed by atoms with Gasteiger partial charge in [0, 0.05) is 11.6 Å². The number of furan rings is 1. The molecule has 1 aromatic carbocycles. The van der Waals surface area contributed by atoms with Gasteiger partial charge in [-0.25, -0.2) is 22.8 Å². The maximum absolute atomic E-state index is 13.0. The summed E-state index contributed by atoms with van der Waals surface area (Å²) >= 11 is 0. The van der Waals surface area contributed by atoms with Crippen LogP contribution < -0.4 is 4.72 Å². The van der Waals surface area contributed by atoms with Gasteiger partial charge in [-0.05, 0) is 37.3 Å². The maximum Gasteiger partial charge on any atom is 0.266 e. The van der Waals surface area contributed by atoms with E-state index in [1.807, 2.05) is 0 Å². The van der Waals surface area contributed by atoms with Crippen LogP contribution in [0.2, 0.25) is 0 Å². The summed E-state index contributed by atoms with van der Waals surface area (Å²) < 4.78 is 44.5. The first-order valence-electron chi connectivity index (χ1n) is 6.61. The zero-order valence-electron chi connectivity index (χ0n) is 12.0. The number of hydrogen-bond acceptors (Lipinski definition) is 5. The Balaban J connectivity index is 1.97. The van der Waals surface area contributed by atoms with Crippen molar-refractivity contribution >= 4 is 15.8 Å². The molecule has 118 valence electrons. The second-order valence-electron chi connectivity index (χ2n) is 4.76. The van der Waals surface area contributed by atoms with Crippen molar-refractivity contribution in [2.45, 2.75) is 11.8 Å². The van der Waals surface area contributed by atoms with Gasteiger partial charge in [-0.1, -0.05) is 0 Å². The topological polar surface area (TPSA) is 85.1 Å². The van der Waals surface area contributed by atoms with Gasteiger partial charge in [-0.3, -0.25) is 4.72 Å². The smallest absolute Gasteiger partial charge is 0.266 e. The van der Waals surface area contributed by atoms with E-state index in [9.17, 15) is 12.8 Å². The Bertz CT molecular complexity index is 923. The molecule has 2 heterocycles. The SMILES string of the molecule is Cc1nc(NS(=O)(=O)c2ccoc2)cc(-c2ccc(F)cc2)n1. The molecule has 0 saturated carbocycles. The molecule has 0 radical (unpaired) electrons. The molecule has 3 rings (SSSR count). The fraction of sp³-hybridized carbons (Fsp3) is 0.0667. The van der Waals surface area contributed by atoms with E-state index >= 15 is 0 Å². The van der Waals surface area contributed by atoms with Crippen LogP contribution in [0.1, 0.15) is 5.82 Å². The van der Waals surface area contributed by atoms with Gasteiger partial charge in [0.1, 0.15) is 28.6 Å². The molecule has 1 N–H and O–H groups in total. The molecule has 6 nitrogen and oxygen atoms in total. The quantitative estimate of drug-likeness (QED) is 0.793. The van der Waals surface area contributed by atoms with Gasteiger partial charge in [0.05, 0.1) is 12.0 Å². The van der Waals surface area contributed by atoms with Gasteiger partial charge in [0.25, 0.3) is 10.0 Å². The van der Waals surface area contributed by atoms with Gasteiger partial charge in [-0.2, -0.15) is 0 Å². The Morgan fingerprint density at radius 2 is 1.87 bits per heavy atom. The maximum atomic E-state index is 13.0. The molecule has 2 aromatic heterocycles. The predicted octanol–water partition coefficient (Wildman–Crippen LogP) is 2.98. The van der Waals surface area contributed by atoms with E-state index in [0.29, 0.717) is 17.1 Å². The monoisotopic (exact) mass is 333 g/mol. The Labute approximate surface area is 132 Å². The normalized spacial score (nSPS) is 11.4. The fourth-order valence-corrected chi connectivity index (χ4v) is 2.90. The zero-order valence-corrected chi connectivity index (χ0v) is 12.8. The highest BCUT2D eigenvalue weighted by atomic mass is 32.2. The Morgan fingerprint density at radius 1 is 1.13 bits per heavy atom. The molecule has 0 aliphatic heterocycles. The third kappa shape index (κ3) is 3.37. The summed E-state index contributed by atoms with van der Waals surface area (Å²) in [5, 5.41) is 0. The average Bonchev–Trinajstić information content (AvgIpc) is 3.02. The van der Waals surface area contributed by atoms with Gasteiger partial charge >= 0.3 is 0 Å². The van der Waals surface area contributed by atoms with E-state index in [1.54, 1.807) is 19.1 Å². The molecule has 0 spiro atoms. The predicted molar refractivity (Wildman–Crippen MR) is 81.7 cm³/mol. The van der Waals surface area contributed by atoms with Crippen molar-refractivity contribution in [2.24, 2.45) is 0 Å². The summed E-state index contributed by atoms with van der Waals surface area (Å²) in [5.41, 5.74) is 1.14. The highest BCUT2D eigenvalue weighted by Crippen LogP contribution is 2.22. The van der Waals surface area contributed by atoms with Crippen LogP contribution in [-0.2, 0) is 10.0 Å². The second kappa shape index (κ2) is 5.81. The van der Waals surface area contributed by atoms with E-state index in [-0.39, 0.29) is 16.5 Å². The van der Waals surface area contributed by atoms with Crippen LogP contribution >= 0.6 is 0 Å². The highest BCUT2D eigenvalue weighted by Gasteiger charge is 2.17. The molecule has 0 fully saturated rings. The van der Waals surface area contributed by atoms with Gasteiger partial charge in [0.15, 0.2) is 0 Å². The molecule has 0 unspecified atom stereocenters. The van der Waals surface area contributed by atoms with Crippen molar-refractivity contribution in [3.8, 4) is 11.3 Å². The molecule has 0 saturated heterocycles. The molecule has 8 heteroatoms. The molecule has 0 aliphatic rings. The number of nitrogens with zero attached hydrogens (tertiary/aromatic N) is 2. The summed E-state index contributed by atoms with van der Waals surface area (Å²) in [6.45, 7) is 1.64. The molecule has 0 amide bonds. The number of rotatable bonds is 4. The van der Waals surface area contributed by atoms with Crippen molar-refractivity contribution in [3.63, 3.8) is 0 Å². The molecule has 0 atom stereocenters. The van der Waals surface area contributed by atoms with E-state index < -0.39 is 10.0 Å². The molecule has 0 aliphatic carbocycles. The number of benzene rings is 1. The van der Waals surface area contributed by atoms with Crippen LogP contribution in [0.15, 0.2) is 58.2 Å². The van der Waals surface area contributed by atoms with Crippen molar-refractivity contribution in [3.05, 3.63) is 60.6 Å². The molecule has 3 aromatic rings. The summed E-state index contributed by atoms with van der Waals surface area (Å²) in [7, 11) is -3.79. The first-order chi connectivity index (χ1) is 10.9. The van der Waals surface area contributed by atoms with Crippen LogP contribution in [0, 0.1) is 12.7 Å². The van der Waals surface area contributed by atoms with Crippen LogP contribution in [0.4, 0.5) is 10.2 Å². The third-order valence-corrected chi connectivity index (χ3v) is 4.35. The first kappa shape index (κ1) is 15.2. The number of halogens is 1. The van der Waals surface area contributed by atoms with E-state index in [4.69, 9.17) is 4.42 Å². The van der Waals surface area contributed by atoms with Crippen molar-refractivity contribution in [2.75, 3.05) is 4.72 Å². The second-order valence-corrected chi connectivity index (χ2v) is 6.44. The van der Waals surface area contributed by atoms with Crippen molar-refractivity contribution in [1.29, 1.82) is 0 Å². The van der Waals surface area contributed by atoms with Crippen LogP contribution in [0.5, 0.6) is 0 Å². The molecular weight excluding hydrogens is 321 g/mol. The molecular formula is C15H12FN3O3S. The van der Waals surface area contributed by atoms with Gasteiger partial charge in [-0.15, -0.1) is 0 Å². The third-order valence-electron chi connectivity index (χ3n) is 3.02. The first-order valence-corrected chi connectivity index (χ1v) is 8.09. The number of anilines is 1. The van der Waals surface area contributed by atoms with E-state index in [0.717, 1.165) is 6.26 Å². The van der Waals surface area contributed by atoms with Crippen LogP contribution in [-0.4, -0.2) is 18.4 Å². The summed E-state index contributed by atoms with van der Waals surface area (Å²) in [4.78, 5) is 8.30. The van der Waals surface area contributed by atoms with E-state index in [1.165, 1.54) is 30.5 Å². The summed E-state index contributed by atoms with van der Waals surface area (Å²) in [6.07, 6.45) is 2.39. The summed E-state index contributed by atoms with van der Waals surface area (Å²) in [5.74, 6) is 0.148. The lowest BCUT2D eigenvalue weighted by Gasteiger charge is -2.08. The Kier molecular flexibility index (Phi) is 3.83. The van der Waals surface area contributed by atoms with Gasteiger partial charge < -0.3 is 4.42 Å². The van der Waals surface area contributed by atoms with Crippen molar-refractivity contribution < 1.29 is 17.2 Å². The zero-order chi connectivity index (χ0) is 16.4. The largest absolute Gasteiger partial charge is 0.471 e. The lowest BCUT2D eigenvalue weighted by atomic mass is 10.1. The highest BCUT2D eigenvalue weighted by molar-refractivity contribution is 7.92. The van der Waals surface area contributed by atoms with Crippen molar-refractivity contribution in [1.82, 2.24) is 9.97 Å². The molecule has 0 bridgehead atoms. The van der Waals surface area contributed by atoms with Crippen LogP contribution in [0.25, 0.3) is 11.3 Å². The van der Waals surface area contributed by atoms with Crippen LogP contribution in [0.3, 0.4) is 0 Å². The minimum absolute atomic E-state index is 0.00269. The lowest BCUT2D eigenvalue weighted by molar-refractivity contribution is 0.557. The number of sulfonamides is 1. The number of aryl methyl sites for hydroxylation is 1. The average molecular weight is 333 g/mol. The van der Waals surface area contributed by atoms with Gasteiger partial charge in [0.2, 0.25) is 0 Å². The minimum atomic E-state index is -3.79. The summed E-state index contributed by atoms with van der Waals surface area (Å²) in [6, 6.07) is 8.55. The minimum Gasteiger partial charge on any atom is -0.471 e. The number of nitrogens with one attached hydrogen (secondary N) is 1. The molecule has 23 heavy (non-hydrogen) atoms. The number of aromatic nitrogens is 2. The standard InChI is InChI=1S/C15H12FN3O3S/c1-10-17-14(11-2-4-12(16)5-3-11)8-15(18-10)19-23(20,21)13-6-7-22-9-13/h2-9H,1H3,(H,17,18,19). The number of hydrogen-bond donors (Lipinski definition) is 1. The van der Waals surface area contributed by atoms with E-state index in [2.05, 4.69) is 14.7 Å².